The Morgan fingerprint density at radius 2 is 1.21 bits per heavy atom. The van der Waals surface area contributed by atoms with Gasteiger partial charge in [-0.1, -0.05) is 115 Å². The Kier molecular flexibility index (Phi) is 15.6. The molecule has 1 aromatic carbocycles. The lowest BCUT2D eigenvalue weighted by Gasteiger charge is -2.18. The molecule has 0 bridgehead atoms. The highest BCUT2D eigenvalue weighted by Crippen LogP contribution is 2.25. The summed E-state index contributed by atoms with van der Waals surface area (Å²) in [6, 6.07) is 6.86. The Labute approximate surface area is 202 Å². The third-order valence-corrected chi connectivity index (χ3v) is 6.47. The summed E-state index contributed by atoms with van der Waals surface area (Å²) in [7, 11) is 0. The number of hydrogen-bond donors (Lipinski definition) is 1. The molecule has 0 saturated carbocycles. The summed E-state index contributed by atoms with van der Waals surface area (Å²) in [5.74, 6) is -0.891. The van der Waals surface area contributed by atoms with Crippen molar-refractivity contribution >= 4 is 11.8 Å². The molecule has 33 heavy (non-hydrogen) atoms. The molecular weight excluding hydrogens is 412 g/mol. The highest BCUT2D eigenvalue weighted by Gasteiger charge is 2.36. The molecule has 1 N–H and O–H groups in total. The standard InChI is InChI=1S/C29H48O4/c1-4-5-6-7-8-9-10-11-12-13-14-15-16-17-18-19-23-33-26-22-20-21-25(24-26)27(30)29(2,3)28(31)32/h20-22,24H,4-19,23H2,1-3H3,(H,31,32). The number of Topliss-reactive ketones (excluding diaryl/α,β-unsaturated/α-hetero) is 1. The second-order valence-electron chi connectivity index (χ2n) is 9.94. The van der Waals surface area contributed by atoms with Crippen molar-refractivity contribution in [1.29, 1.82) is 0 Å². The van der Waals surface area contributed by atoms with E-state index in [1.807, 2.05) is 6.07 Å². The highest BCUT2D eigenvalue weighted by molar-refractivity contribution is 6.11. The van der Waals surface area contributed by atoms with E-state index in [1.165, 1.54) is 104 Å². The molecule has 0 aromatic heterocycles. The lowest BCUT2D eigenvalue weighted by Crippen LogP contribution is -2.33. The predicted molar refractivity (Wildman–Crippen MR) is 137 cm³/mol. The van der Waals surface area contributed by atoms with Gasteiger partial charge in [0.05, 0.1) is 6.61 Å². The highest BCUT2D eigenvalue weighted by atomic mass is 16.5. The average Bonchev–Trinajstić information content (AvgIpc) is 2.80. The molecule has 0 heterocycles. The van der Waals surface area contributed by atoms with E-state index in [0.717, 1.165) is 12.8 Å². The van der Waals surface area contributed by atoms with E-state index < -0.39 is 17.2 Å². The fourth-order valence-electron chi connectivity index (χ4n) is 4.03. The Balaban J connectivity index is 2.01. The van der Waals surface area contributed by atoms with E-state index in [9.17, 15) is 14.7 Å². The quantitative estimate of drug-likeness (QED) is 0.113. The fourth-order valence-corrected chi connectivity index (χ4v) is 4.03. The first-order valence-corrected chi connectivity index (χ1v) is 13.4. The number of ketones is 1. The van der Waals surface area contributed by atoms with Gasteiger partial charge in [-0.3, -0.25) is 9.59 Å². The van der Waals surface area contributed by atoms with Gasteiger partial charge in [-0.15, -0.1) is 0 Å². The molecule has 0 fully saturated rings. The van der Waals surface area contributed by atoms with E-state index in [-0.39, 0.29) is 0 Å². The Bertz CT molecular complexity index is 665. The maximum atomic E-state index is 12.5. The van der Waals surface area contributed by atoms with E-state index in [4.69, 9.17) is 4.74 Å². The zero-order valence-corrected chi connectivity index (χ0v) is 21.5. The van der Waals surface area contributed by atoms with E-state index >= 15 is 0 Å². The van der Waals surface area contributed by atoms with Crippen molar-refractivity contribution in [3.63, 3.8) is 0 Å². The van der Waals surface area contributed by atoms with Gasteiger partial charge in [-0.25, -0.2) is 0 Å². The minimum absolute atomic E-state index is 0.381. The van der Waals surface area contributed by atoms with Crippen LogP contribution in [0.5, 0.6) is 5.75 Å². The van der Waals surface area contributed by atoms with E-state index in [1.54, 1.807) is 18.2 Å². The molecule has 0 aliphatic rings. The Morgan fingerprint density at radius 1 is 0.758 bits per heavy atom. The van der Waals surface area contributed by atoms with Crippen LogP contribution in [0.25, 0.3) is 0 Å². The number of unbranched alkanes of at least 4 members (excludes halogenated alkanes) is 15. The summed E-state index contributed by atoms with van der Waals surface area (Å²) in [5, 5.41) is 9.26. The van der Waals surface area contributed by atoms with Crippen molar-refractivity contribution in [1.82, 2.24) is 0 Å². The van der Waals surface area contributed by atoms with Crippen LogP contribution in [0.1, 0.15) is 134 Å². The molecule has 1 rings (SSSR count). The molecule has 1 aromatic rings. The van der Waals surface area contributed by atoms with Crippen LogP contribution in [0.2, 0.25) is 0 Å². The van der Waals surface area contributed by atoms with Gasteiger partial charge in [0.15, 0.2) is 5.78 Å². The number of ether oxygens (including phenoxy) is 1. The number of hydrogen-bond acceptors (Lipinski definition) is 3. The second kappa shape index (κ2) is 17.6. The molecule has 0 amide bonds. The average molecular weight is 461 g/mol. The Hall–Kier alpha value is -1.84. The van der Waals surface area contributed by atoms with Crippen molar-refractivity contribution < 1.29 is 19.4 Å². The number of carboxylic acid groups (broad SMARTS) is 1. The van der Waals surface area contributed by atoms with E-state index in [0.29, 0.717) is 17.9 Å². The van der Waals surface area contributed by atoms with Gasteiger partial charge >= 0.3 is 5.97 Å². The molecule has 0 radical (unpaired) electrons. The maximum absolute atomic E-state index is 12.5. The van der Waals surface area contributed by atoms with Crippen LogP contribution >= 0.6 is 0 Å². The number of carbonyl (C=O) groups excluding carboxylic acids is 1. The molecule has 0 unspecified atom stereocenters. The minimum atomic E-state index is -1.44. The third-order valence-electron chi connectivity index (χ3n) is 6.47. The van der Waals surface area contributed by atoms with Crippen molar-refractivity contribution in [3.8, 4) is 5.75 Å². The van der Waals surface area contributed by atoms with E-state index in [2.05, 4.69) is 6.92 Å². The molecule has 0 saturated heterocycles. The smallest absolute Gasteiger partial charge is 0.316 e. The summed E-state index contributed by atoms with van der Waals surface area (Å²) in [6.45, 7) is 5.76. The van der Waals surface area contributed by atoms with Gasteiger partial charge in [0.2, 0.25) is 0 Å². The number of aliphatic carboxylic acids is 1. The summed E-state index contributed by atoms with van der Waals surface area (Å²) < 4.78 is 5.79. The molecule has 0 aliphatic carbocycles. The molecule has 188 valence electrons. The largest absolute Gasteiger partial charge is 0.494 e. The topological polar surface area (TPSA) is 63.6 Å². The number of rotatable bonds is 21. The molecule has 0 aliphatic heterocycles. The zero-order valence-electron chi connectivity index (χ0n) is 21.5. The van der Waals surface area contributed by atoms with Crippen LogP contribution < -0.4 is 4.74 Å². The van der Waals surface area contributed by atoms with Gasteiger partial charge in [0.1, 0.15) is 11.2 Å². The van der Waals surface area contributed by atoms with Crippen molar-refractivity contribution in [2.45, 2.75) is 124 Å². The van der Waals surface area contributed by atoms with Gasteiger partial charge in [-0.2, -0.15) is 0 Å². The molecule has 0 spiro atoms. The predicted octanol–water partition coefficient (Wildman–Crippen LogP) is 8.62. The number of carbonyl (C=O) groups is 2. The van der Waals surface area contributed by atoms with Crippen LogP contribution in [-0.4, -0.2) is 23.5 Å². The van der Waals surface area contributed by atoms with Crippen molar-refractivity contribution in [2.24, 2.45) is 5.41 Å². The lowest BCUT2D eigenvalue weighted by atomic mass is 9.84. The lowest BCUT2D eigenvalue weighted by molar-refractivity contribution is -0.144. The van der Waals surface area contributed by atoms with Gasteiger partial charge in [-0.05, 0) is 32.4 Å². The van der Waals surface area contributed by atoms with Gasteiger partial charge in [0, 0.05) is 5.56 Å². The van der Waals surface area contributed by atoms with Crippen LogP contribution in [0.3, 0.4) is 0 Å². The summed E-state index contributed by atoms with van der Waals surface area (Å²) in [5.41, 5.74) is -1.06. The fraction of sp³-hybridized carbons (Fsp3) is 0.724. The zero-order chi connectivity index (χ0) is 24.4. The second-order valence-corrected chi connectivity index (χ2v) is 9.94. The van der Waals surface area contributed by atoms with Crippen molar-refractivity contribution in [3.05, 3.63) is 29.8 Å². The first-order valence-electron chi connectivity index (χ1n) is 13.4. The van der Waals surface area contributed by atoms with Crippen LogP contribution in [0, 0.1) is 5.41 Å². The molecule has 4 heteroatoms. The third kappa shape index (κ3) is 12.8. The Morgan fingerprint density at radius 3 is 1.67 bits per heavy atom. The first-order chi connectivity index (χ1) is 15.9. The van der Waals surface area contributed by atoms with Gasteiger partial charge < -0.3 is 9.84 Å². The molecule has 0 atom stereocenters. The van der Waals surface area contributed by atoms with Crippen LogP contribution in [-0.2, 0) is 4.79 Å². The molecule has 4 nitrogen and oxygen atoms in total. The monoisotopic (exact) mass is 460 g/mol. The summed E-state index contributed by atoms with van der Waals surface area (Å²) in [6.07, 6.45) is 21.4. The van der Waals surface area contributed by atoms with Crippen LogP contribution in [0.15, 0.2) is 24.3 Å². The molecular formula is C29H48O4. The number of carboxylic acids is 1. The first kappa shape index (κ1) is 29.2. The summed E-state index contributed by atoms with van der Waals surface area (Å²) >= 11 is 0. The maximum Gasteiger partial charge on any atom is 0.316 e. The SMILES string of the molecule is CCCCCCCCCCCCCCCCCCOc1cccc(C(=O)C(C)(C)C(=O)O)c1. The normalized spacial score (nSPS) is 11.5. The van der Waals surface area contributed by atoms with Crippen molar-refractivity contribution in [2.75, 3.05) is 6.61 Å². The summed E-state index contributed by atoms with van der Waals surface area (Å²) in [4.78, 5) is 23.8. The van der Waals surface area contributed by atoms with Gasteiger partial charge in [0.25, 0.3) is 0 Å². The van der Waals surface area contributed by atoms with Crippen LogP contribution in [0.4, 0.5) is 0 Å². The number of benzene rings is 1. The minimum Gasteiger partial charge on any atom is -0.494 e.